The molecule has 0 radical (unpaired) electrons. The highest BCUT2D eigenvalue weighted by Gasteiger charge is 2.43. The van der Waals surface area contributed by atoms with Gasteiger partial charge in [0.1, 0.15) is 0 Å². The summed E-state index contributed by atoms with van der Waals surface area (Å²) in [6.45, 7) is 7.04. The van der Waals surface area contributed by atoms with Gasteiger partial charge in [0, 0.05) is 18.5 Å². The molecule has 1 aromatic rings. The van der Waals surface area contributed by atoms with E-state index in [0.29, 0.717) is 18.4 Å². The third-order valence-electron chi connectivity index (χ3n) is 4.06. The SMILES string of the molecule is CC(N)CCNC(=O)C1CC1c1ccc(C(C)C)cc1.Cl. The quantitative estimate of drug-likeness (QED) is 0.848. The summed E-state index contributed by atoms with van der Waals surface area (Å²) in [4.78, 5) is 12.0. The molecule has 0 heterocycles. The molecule has 0 saturated heterocycles. The van der Waals surface area contributed by atoms with Gasteiger partial charge in [-0.25, -0.2) is 0 Å². The van der Waals surface area contributed by atoms with Crippen LogP contribution in [0.1, 0.15) is 56.6 Å². The zero-order valence-corrected chi connectivity index (χ0v) is 14.0. The van der Waals surface area contributed by atoms with Crippen LogP contribution in [0.15, 0.2) is 24.3 Å². The van der Waals surface area contributed by atoms with Gasteiger partial charge in [0.15, 0.2) is 0 Å². The van der Waals surface area contributed by atoms with Crippen LogP contribution in [-0.2, 0) is 4.79 Å². The molecule has 1 saturated carbocycles. The number of benzene rings is 1. The second kappa shape index (κ2) is 7.81. The van der Waals surface area contributed by atoms with E-state index < -0.39 is 0 Å². The van der Waals surface area contributed by atoms with Crippen LogP contribution in [0.25, 0.3) is 0 Å². The molecular formula is C17H27ClN2O. The first-order valence-corrected chi connectivity index (χ1v) is 7.62. The number of hydrogen-bond donors (Lipinski definition) is 2. The molecule has 3 N–H and O–H groups in total. The van der Waals surface area contributed by atoms with E-state index in [-0.39, 0.29) is 30.3 Å². The summed E-state index contributed by atoms with van der Waals surface area (Å²) in [5, 5.41) is 2.99. The molecule has 21 heavy (non-hydrogen) atoms. The van der Waals surface area contributed by atoms with Gasteiger partial charge in [-0.15, -0.1) is 12.4 Å². The van der Waals surface area contributed by atoms with Crippen molar-refractivity contribution in [3.8, 4) is 0 Å². The number of hydrogen-bond acceptors (Lipinski definition) is 2. The highest BCUT2D eigenvalue weighted by atomic mass is 35.5. The van der Waals surface area contributed by atoms with Crippen molar-refractivity contribution < 1.29 is 4.79 Å². The summed E-state index contributed by atoms with van der Waals surface area (Å²) in [6.07, 6.45) is 1.82. The van der Waals surface area contributed by atoms with Crippen LogP contribution in [0, 0.1) is 5.92 Å². The molecule has 1 aliphatic rings. The normalized spacial score (nSPS) is 21.6. The second-order valence-corrected chi connectivity index (χ2v) is 6.33. The number of amides is 1. The Hall–Kier alpha value is -1.06. The minimum Gasteiger partial charge on any atom is -0.356 e. The van der Waals surface area contributed by atoms with Crippen molar-refractivity contribution in [2.75, 3.05) is 6.54 Å². The fourth-order valence-corrected chi connectivity index (χ4v) is 2.54. The van der Waals surface area contributed by atoms with Crippen LogP contribution >= 0.6 is 12.4 Å². The van der Waals surface area contributed by atoms with Crippen LogP contribution in [0.2, 0.25) is 0 Å². The van der Waals surface area contributed by atoms with E-state index in [0.717, 1.165) is 12.8 Å². The van der Waals surface area contributed by atoms with Gasteiger partial charge in [-0.05, 0) is 42.7 Å². The molecule has 1 aliphatic carbocycles. The number of nitrogens with two attached hydrogens (primary N) is 1. The average molecular weight is 311 g/mol. The lowest BCUT2D eigenvalue weighted by Crippen LogP contribution is -2.30. The summed E-state index contributed by atoms with van der Waals surface area (Å²) in [7, 11) is 0. The van der Waals surface area contributed by atoms with Crippen molar-refractivity contribution in [1.82, 2.24) is 5.32 Å². The molecule has 0 aliphatic heterocycles. The van der Waals surface area contributed by atoms with Gasteiger partial charge < -0.3 is 11.1 Å². The number of carbonyl (C=O) groups is 1. The van der Waals surface area contributed by atoms with E-state index in [4.69, 9.17) is 5.73 Å². The molecule has 0 spiro atoms. The maximum atomic E-state index is 12.0. The Morgan fingerprint density at radius 2 is 1.90 bits per heavy atom. The van der Waals surface area contributed by atoms with Crippen molar-refractivity contribution >= 4 is 18.3 Å². The van der Waals surface area contributed by atoms with Gasteiger partial charge >= 0.3 is 0 Å². The first-order valence-electron chi connectivity index (χ1n) is 7.62. The highest BCUT2D eigenvalue weighted by molar-refractivity contribution is 5.85. The summed E-state index contributed by atoms with van der Waals surface area (Å²) in [5.41, 5.74) is 8.32. The largest absolute Gasteiger partial charge is 0.356 e. The smallest absolute Gasteiger partial charge is 0.223 e. The van der Waals surface area contributed by atoms with E-state index in [1.54, 1.807) is 0 Å². The molecule has 3 unspecified atom stereocenters. The van der Waals surface area contributed by atoms with E-state index in [9.17, 15) is 4.79 Å². The fourth-order valence-electron chi connectivity index (χ4n) is 2.54. The van der Waals surface area contributed by atoms with E-state index in [2.05, 4.69) is 43.4 Å². The topological polar surface area (TPSA) is 55.1 Å². The van der Waals surface area contributed by atoms with Crippen LogP contribution < -0.4 is 11.1 Å². The molecule has 0 bridgehead atoms. The van der Waals surface area contributed by atoms with Crippen molar-refractivity contribution in [2.24, 2.45) is 11.7 Å². The third-order valence-corrected chi connectivity index (χ3v) is 4.06. The molecule has 2 rings (SSSR count). The lowest BCUT2D eigenvalue weighted by molar-refractivity contribution is -0.122. The molecule has 1 fully saturated rings. The van der Waals surface area contributed by atoms with Gasteiger partial charge in [0.25, 0.3) is 0 Å². The molecule has 3 nitrogen and oxygen atoms in total. The summed E-state index contributed by atoms with van der Waals surface area (Å²) < 4.78 is 0. The zero-order chi connectivity index (χ0) is 14.7. The van der Waals surface area contributed by atoms with Crippen LogP contribution in [-0.4, -0.2) is 18.5 Å². The predicted octanol–water partition coefficient (Wildman–Crippen LogP) is 3.19. The Morgan fingerprint density at radius 3 is 2.43 bits per heavy atom. The van der Waals surface area contributed by atoms with Crippen molar-refractivity contribution in [1.29, 1.82) is 0 Å². The first kappa shape index (κ1) is 18.0. The zero-order valence-electron chi connectivity index (χ0n) is 13.1. The Labute approximate surface area is 134 Å². The lowest BCUT2D eigenvalue weighted by atomic mass is 10.00. The van der Waals surface area contributed by atoms with Gasteiger partial charge in [-0.1, -0.05) is 38.1 Å². The van der Waals surface area contributed by atoms with Crippen LogP contribution in [0.3, 0.4) is 0 Å². The van der Waals surface area contributed by atoms with Crippen molar-refractivity contribution in [3.63, 3.8) is 0 Å². The number of carbonyl (C=O) groups excluding carboxylic acids is 1. The first-order chi connectivity index (χ1) is 9.49. The van der Waals surface area contributed by atoms with Gasteiger partial charge in [-0.2, -0.15) is 0 Å². The summed E-state index contributed by atoms with van der Waals surface area (Å²) in [5.74, 6) is 1.31. The summed E-state index contributed by atoms with van der Waals surface area (Å²) >= 11 is 0. The Bertz CT molecular complexity index is 456. The third kappa shape index (κ3) is 5.01. The Morgan fingerprint density at radius 1 is 1.29 bits per heavy atom. The number of halogens is 1. The molecule has 3 atom stereocenters. The number of rotatable bonds is 6. The van der Waals surface area contributed by atoms with E-state index in [1.165, 1.54) is 11.1 Å². The van der Waals surface area contributed by atoms with Crippen molar-refractivity contribution in [3.05, 3.63) is 35.4 Å². The molecule has 1 amide bonds. The van der Waals surface area contributed by atoms with E-state index in [1.807, 2.05) is 6.92 Å². The molecule has 0 aromatic heterocycles. The maximum absolute atomic E-state index is 12.0. The predicted molar refractivity (Wildman–Crippen MR) is 89.9 cm³/mol. The molecule has 4 heteroatoms. The standard InChI is InChI=1S/C17H26N2O.ClH/c1-11(2)13-4-6-14(7-5-13)15-10-16(15)17(20)19-9-8-12(3)18;/h4-7,11-12,15-16H,8-10,18H2,1-3H3,(H,19,20);1H. The minimum absolute atomic E-state index is 0. The Balaban J connectivity index is 0.00000220. The molecule has 1 aromatic carbocycles. The Kier molecular flexibility index (Phi) is 6.69. The van der Waals surface area contributed by atoms with Gasteiger partial charge in [-0.3, -0.25) is 4.79 Å². The number of nitrogens with one attached hydrogen (secondary N) is 1. The highest BCUT2D eigenvalue weighted by Crippen LogP contribution is 2.47. The lowest BCUT2D eigenvalue weighted by Gasteiger charge is -2.08. The van der Waals surface area contributed by atoms with Crippen LogP contribution in [0.5, 0.6) is 0 Å². The molecule has 118 valence electrons. The van der Waals surface area contributed by atoms with Gasteiger partial charge in [0.2, 0.25) is 5.91 Å². The fraction of sp³-hybridized carbons (Fsp3) is 0.588. The van der Waals surface area contributed by atoms with E-state index >= 15 is 0 Å². The van der Waals surface area contributed by atoms with Crippen molar-refractivity contribution in [2.45, 2.75) is 51.5 Å². The second-order valence-electron chi connectivity index (χ2n) is 6.33. The molecular weight excluding hydrogens is 284 g/mol. The minimum atomic E-state index is 0. The van der Waals surface area contributed by atoms with Crippen LogP contribution in [0.4, 0.5) is 0 Å². The monoisotopic (exact) mass is 310 g/mol. The maximum Gasteiger partial charge on any atom is 0.223 e. The summed E-state index contributed by atoms with van der Waals surface area (Å²) in [6, 6.07) is 8.87. The van der Waals surface area contributed by atoms with Gasteiger partial charge in [0.05, 0.1) is 0 Å². The average Bonchev–Trinajstić information content (AvgIpc) is 3.18.